The van der Waals surface area contributed by atoms with Crippen molar-refractivity contribution in [3.05, 3.63) is 22.7 Å². The maximum absolute atomic E-state index is 12.8. The monoisotopic (exact) mass is 352 g/mol. The summed E-state index contributed by atoms with van der Waals surface area (Å²) in [5.41, 5.74) is -0.00324. The van der Waals surface area contributed by atoms with Crippen LogP contribution in [-0.4, -0.2) is 31.0 Å². The fourth-order valence-electron chi connectivity index (χ4n) is 3.18. The maximum atomic E-state index is 12.8. The average Bonchev–Trinajstić information content (AvgIpc) is 2.93. The molecular formula is C15H17BrN2O3. The number of carbonyl (C=O) groups is 2. The molecule has 1 spiro atoms. The van der Waals surface area contributed by atoms with Crippen LogP contribution in [0.4, 0.5) is 5.69 Å². The Hall–Kier alpha value is -1.56. The fraction of sp³-hybridized carbons (Fsp3) is 0.467. The second-order valence-corrected chi connectivity index (χ2v) is 6.40. The molecule has 1 aliphatic heterocycles. The smallest absolute Gasteiger partial charge is 0.253 e. The largest absolute Gasteiger partial charge is 0.495 e. The summed E-state index contributed by atoms with van der Waals surface area (Å²) in [6.45, 7) is 0.0609. The minimum absolute atomic E-state index is 0.0102. The number of ether oxygens (including phenoxy) is 1. The van der Waals surface area contributed by atoms with E-state index in [1.165, 1.54) is 0 Å². The van der Waals surface area contributed by atoms with Gasteiger partial charge in [0.1, 0.15) is 17.8 Å². The fourth-order valence-corrected chi connectivity index (χ4v) is 3.58. The lowest BCUT2D eigenvalue weighted by Crippen LogP contribution is -2.65. The third kappa shape index (κ3) is 2.41. The zero-order chi connectivity index (χ0) is 15.0. The topological polar surface area (TPSA) is 58.6 Å². The number of carbonyl (C=O) groups excluding carboxylic acids is 2. The van der Waals surface area contributed by atoms with Gasteiger partial charge in [0.05, 0.1) is 11.6 Å². The summed E-state index contributed by atoms with van der Waals surface area (Å²) in [6.07, 6.45) is 3.40. The van der Waals surface area contributed by atoms with E-state index in [2.05, 4.69) is 21.2 Å². The number of nitrogens with one attached hydrogen (secondary N) is 1. The van der Waals surface area contributed by atoms with Crippen LogP contribution in [0.25, 0.3) is 0 Å². The van der Waals surface area contributed by atoms with E-state index in [9.17, 15) is 9.59 Å². The van der Waals surface area contributed by atoms with Crippen molar-refractivity contribution >= 4 is 33.4 Å². The minimum Gasteiger partial charge on any atom is -0.495 e. The van der Waals surface area contributed by atoms with E-state index in [1.54, 1.807) is 18.1 Å². The zero-order valence-corrected chi connectivity index (χ0v) is 13.4. The van der Waals surface area contributed by atoms with E-state index >= 15 is 0 Å². The molecule has 1 aliphatic carbocycles. The molecule has 0 atom stereocenters. The first-order valence-corrected chi connectivity index (χ1v) is 7.81. The second kappa shape index (κ2) is 5.33. The number of nitrogens with zero attached hydrogens (tertiary/aromatic N) is 1. The summed E-state index contributed by atoms with van der Waals surface area (Å²) in [5, 5.41) is 2.91. The van der Waals surface area contributed by atoms with E-state index in [0.29, 0.717) is 11.4 Å². The molecule has 1 saturated heterocycles. The van der Waals surface area contributed by atoms with Crippen molar-refractivity contribution in [2.45, 2.75) is 31.2 Å². The van der Waals surface area contributed by atoms with Gasteiger partial charge in [-0.25, -0.2) is 0 Å². The quantitative estimate of drug-likeness (QED) is 0.887. The van der Waals surface area contributed by atoms with Crippen molar-refractivity contribution in [3.63, 3.8) is 0 Å². The predicted molar refractivity (Wildman–Crippen MR) is 82.4 cm³/mol. The van der Waals surface area contributed by atoms with Gasteiger partial charge >= 0.3 is 0 Å². The Labute approximate surface area is 131 Å². The van der Waals surface area contributed by atoms with E-state index in [1.807, 2.05) is 12.1 Å². The van der Waals surface area contributed by atoms with Crippen LogP contribution >= 0.6 is 15.9 Å². The summed E-state index contributed by atoms with van der Waals surface area (Å²) in [7, 11) is 1.58. The molecule has 0 bridgehead atoms. The van der Waals surface area contributed by atoms with Crippen molar-refractivity contribution in [2.24, 2.45) is 0 Å². The molecule has 1 heterocycles. The first-order valence-electron chi connectivity index (χ1n) is 7.02. The zero-order valence-electron chi connectivity index (χ0n) is 11.8. The molecule has 21 heavy (non-hydrogen) atoms. The van der Waals surface area contributed by atoms with Crippen LogP contribution in [0.15, 0.2) is 22.7 Å². The van der Waals surface area contributed by atoms with Crippen LogP contribution in [0, 0.1) is 0 Å². The highest BCUT2D eigenvalue weighted by Gasteiger charge is 2.48. The molecule has 1 saturated carbocycles. The number of hydrogen-bond donors (Lipinski definition) is 1. The molecule has 112 valence electrons. The normalized spacial score (nSPS) is 20.8. The summed E-state index contributed by atoms with van der Waals surface area (Å²) < 4.78 is 6.09. The molecule has 0 unspecified atom stereocenters. The molecule has 1 aromatic carbocycles. The Kier molecular flexibility index (Phi) is 3.65. The van der Waals surface area contributed by atoms with Gasteiger partial charge in [0.25, 0.3) is 5.91 Å². The second-order valence-electron chi connectivity index (χ2n) is 5.55. The SMILES string of the molecule is COc1cc(N2CC(=O)NC3(CCCC3)C2=O)ccc1Br. The number of halogens is 1. The van der Waals surface area contributed by atoms with Crippen LogP contribution in [0.5, 0.6) is 5.75 Å². The Morgan fingerprint density at radius 2 is 2.00 bits per heavy atom. The molecule has 2 fully saturated rings. The molecule has 2 amide bonds. The van der Waals surface area contributed by atoms with Gasteiger partial charge in [0, 0.05) is 11.8 Å². The van der Waals surface area contributed by atoms with Gasteiger partial charge in [-0.05, 0) is 40.9 Å². The van der Waals surface area contributed by atoms with Gasteiger partial charge in [-0.3, -0.25) is 9.59 Å². The lowest BCUT2D eigenvalue weighted by atomic mass is 9.92. The van der Waals surface area contributed by atoms with Crippen LogP contribution in [0.3, 0.4) is 0 Å². The standard InChI is InChI=1S/C15H17BrN2O3/c1-21-12-8-10(4-5-11(12)16)18-9-13(19)17-15(14(18)20)6-2-3-7-15/h4-5,8H,2-3,6-7,9H2,1H3,(H,17,19). The van der Waals surface area contributed by atoms with Crippen LogP contribution in [-0.2, 0) is 9.59 Å². The lowest BCUT2D eigenvalue weighted by molar-refractivity contribution is -0.135. The molecule has 1 aromatic rings. The minimum atomic E-state index is -0.699. The third-order valence-electron chi connectivity index (χ3n) is 4.24. The van der Waals surface area contributed by atoms with Gasteiger partial charge in [-0.2, -0.15) is 0 Å². The Morgan fingerprint density at radius 3 is 2.67 bits per heavy atom. The summed E-state index contributed by atoms with van der Waals surface area (Å²) in [4.78, 5) is 26.4. The molecule has 5 nitrogen and oxygen atoms in total. The first kappa shape index (κ1) is 14.4. The molecule has 0 aromatic heterocycles. The highest BCUT2D eigenvalue weighted by molar-refractivity contribution is 9.10. The van der Waals surface area contributed by atoms with E-state index in [-0.39, 0.29) is 18.4 Å². The molecule has 6 heteroatoms. The molecule has 3 rings (SSSR count). The van der Waals surface area contributed by atoms with Crippen LogP contribution in [0.2, 0.25) is 0 Å². The molecule has 2 aliphatic rings. The van der Waals surface area contributed by atoms with Crippen LogP contribution < -0.4 is 15.0 Å². The number of piperazine rings is 1. The molecular weight excluding hydrogens is 336 g/mol. The summed E-state index contributed by atoms with van der Waals surface area (Å²) in [5.74, 6) is 0.536. The average molecular weight is 353 g/mol. The van der Waals surface area contributed by atoms with E-state index < -0.39 is 5.54 Å². The van der Waals surface area contributed by atoms with Crippen molar-refractivity contribution in [2.75, 3.05) is 18.6 Å². The van der Waals surface area contributed by atoms with Crippen molar-refractivity contribution < 1.29 is 14.3 Å². The highest BCUT2D eigenvalue weighted by atomic mass is 79.9. The number of benzene rings is 1. The van der Waals surface area contributed by atoms with E-state index in [4.69, 9.17) is 4.74 Å². The van der Waals surface area contributed by atoms with Crippen molar-refractivity contribution in [1.82, 2.24) is 5.32 Å². The summed E-state index contributed by atoms with van der Waals surface area (Å²) in [6, 6.07) is 5.43. The van der Waals surface area contributed by atoms with Crippen LogP contribution in [0.1, 0.15) is 25.7 Å². The third-order valence-corrected chi connectivity index (χ3v) is 4.89. The first-order chi connectivity index (χ1) is 10.1. The lowest BCUT2D eigenvalue weighted by Gasteiger charge is -2.39. The number of amides is 2. The van der Waals surface area contributed by atoms with Gasteiger partial charge in [0.2, 0.25) is 5.91 Å². The van der Waals surface area contributed by atoms with Gasteiger partial charge < -0.3 is 15.0 Å². The van der Waals surface area contributed by atoms with Gasteiger partial charge in [0.15, 0.2) is 0 Å². The number of methoxy groups -OCH3 is 1. The van der Waals surface area contributed by atoms with Crippen molar-refractivity contribution in [3.8, 4) is 5.75 Å². The molecule has 1 N–H and O–H groups in total. The van der Waals surface area contributed by atoms with E-state index in [0.717, 1.165) is 30.2 Å². The number of hydrogen-bond acceptors (Lipinski definition) is 3. The van der Waals surface area contributed by atoms with Gasteiger partial charge in [-0.1, -0.05) is 12.8 Å². The maximum Gasteiger partial charge on any atom is 0.253 e. The van der Waals surface area contributed by atoms with Crippen molar-refractivity contribution in [1.29, 1.82) is 0 Å². The Morgan fingerprint density at radius 1 is 1.29 bits per heavy atom. The Balaban J connectivity index is 1.97. The molecule has 0 radical (unpaired) electrons. The number of anilines is 1. The Bertz CT molecular complexity index is 597. The summed E-state index contributed by atoms with van der Waals surface area (Å²) >= 11 is 3.39. The predicted octanol–water partition coefficient (Wildman–Crippen LogP) is 2.23. The van der Waals surface area contributed by atoms with Gasteiger partial charge in [-0.15, -0.1) is 0 Å². The number of rotatable bonds is 2. The highest BCUT2D eigenvalue weighted by Crippen LogP contribution is 2.36.